The van der Waals surface area contributed by atoms with Gasteiger partial charge in [0, 0.05) is 25.7 Å². The van der Waals surface area contributed by atoms with E-state index in [-0.39, 0.29) is 5.54 Å². The van der Waals surface area contributed by atoms with Crippen molar-refractivity contribution in [2.45, 2.75) is 51.6 Å². The molecule has 0 aromatic rings. The summed E-state index contributed by atoms with van der Waals surface area (Å²) in [6, 6.07) is 3.10. The Morgan fingerprint density at radius 2 is 2.11 bits per heavy atom. The zero-order valence-electron chi connectivity index (χ0n) is 13.1. The molecule has 1 aliphatic heterocycles. The Balaban J connectivity index is 2.33. The third-order valence-electron chi connectivity index (χ3n) is 4.63. The molecule has 0 radical (unpaired) electrons. The summed E-state index contributed by atoms with van der Waals surface area (Å²) in [4.78, 5) is 5.08. The van der Waals surface area contributed by atoms with Gasteiger partial charge < -0.3 is 10.2 Å². The molecule has 1 heterocycles. The topological polar surface area (TPSA) is 42.3 Å². The summed E-state index contributed by atoms with van der Waals surface area (Å²) >= 11 is 0. The van der Waals surface area contributed by atoms with Crippen LogP contribution < -0.4 is 5.32 Å². The van der Waals surface area contributed by atoms with Crippen LogP contribution in [0.2, 0.25) is 0 Å². The van der Waals surface area contributed by atoms with Gasteiger partial charge in [-0.3, -0.25) is 4.90 Å². The fourth-order valence-corrected chi connectivity index (χ4v) is 3.02. The maximum Gasteiger partial charge on any atom is 0.106 e. The molecule has 0 saturated carbocycles. The molecule has 4 heteroatoms. The summed E-state index contributed by atoms with van der Waals surface area (Å²) in [5.41, 5.74) is -0.323. The Labute approximate surface area is 118 Å². The van der Waals surface area contributed by atoms with Crippen LogP contribution in [0.4, 0.5) is 0 Å². The first kappa shape index (κ1) is 16.4. The van der Waals surface area contributed by atoms with Crippen LogP contribution in [0.3, 0.4) is 0 Å². The van der Waals surface area contributed by atoms with Crippen LogP contribution in [0.15, 0.2) is 0 Å². The highest BCUT2D eigenvalue weighted by Gasteiger charge is 2.26. The van der Waals surface area contributed by atoms with Crippen LogP contribution in [0.1, 0.15) is 40.0 Å². The lowest BCUT2D eigenvalue weighted by Gasteiger charge is -2.39. The highest BCUT2D eigenvalue weighted by atomic mass is 15.3. The SMILES string of the molecule is CCN1CCN(CCCC(C#N)(CC)NC)CC1C. The van der Waals surface area contributed by atoms with Crippen molar-refractivity contribution in [2.24, 2.45) is 0 Å². The average molecular weight is 266 g/mol. The molecule has 110 valence electrons. The fourth-order valence-electron chi connectivity index (χ4n) is 3.02. The van der Waals surface area contributed by atoms with Crippen molar-refractivity contribution < 1.29 is 0 Å². The van der Waals surface area contributed by atoms with E-state index in [4.69, 9.17) is 0 Å². The minimum atomic E-state index is -0.323. The van der Waals surface area contributed by atoms with E-state index in [0.717, 1.165) is 32.4 Å². The van der Waals surface area contributed by atoms with E-state index in [2.05, 4.69) is 42.0 Å². The summed E-state index contributed by atoms with van der Waals surface area (Å²) in [5.74, 6) is 0. The lowest BCUT2D eigenvalue weighted by Crippen LogP contribution is -2.52. The number of nitriles is 1. The van der Waals surface area contributed by atoms with Crippen molar-refractivity contribution in [1.82, 2.24) is 15.1 Å². The van der Waals surface area contributed by atoms with Crippen LogP contribution in [-0.4, -0.2) is 61.2 Å². The first-order chi connectivity index (χ1) is 9.10. The molecule has 4 nitrogen and oxygen atoms in total. The van der Waals surface area contributed by atoms with Gasteiger partial charge in [0.25, 0.3) is 0 Å². The number of hydrogen-bond donors (Lipinski definition) is 1. The first-order valence-electron chi connectivity index (χ1n) is 7.67. The minimum Gasteiger partial charge on any atom is -0.302 e. The summed E-state index contributed by atoms with van der Waals surface area (Å²) in [7, 11) is 1.90. The molecule has 0 amide bonds. The fraction of sp³-hybridized carbons (Fsp3) is 0.933. The molecule has 0 aromatic heterocycles. The van der Waals surface area contributed by atoms with Gasteiger partial charge in [-0.25, -0.2) is 0 Å². The highest BCUT2D eigenvalue weighted by molar-refractivity contribution is 5.05. The Kier molecular flexibility index (Phi) is 6.78. The number of nitrogens with one attached hydrogen (secondary N) is 1. The van der Waals surface area contributed by atoms with E-state index in [9.17, 15) is 5.26 Å². The third-order valence-corrected chi connectivity index (χ3v) is 4.63. The van der Waals surface area contributed by atoms with Crippen LogP contribution >= 0.6 is 0 Å². The zero-order chi connectivity index (χ0) is 14.3. The molecular formula is C15H30N4. The van der Waals surface area contributed by atoms with Gasteiger partial charge in [0.1, 0.15) is 5.54 Å². The largest absolute Gasteiger partial charge is 0.302 e. The van der Waals surface area contributed by atoms with E-state index in [1.165, 1.54) is 19.6 Å². The lowest BCUT2D eigenvalue weighted by molar-refractivity contribution is 0.0858. The molecule has 0 bridgehead atoms. The normalized spacial score (nSPS) is 24.9. The third kappa shape index (κ3) is 4.45. The number of hydrogen-bond acceptors (Lipinski definition) is 4. The molecule has 1 rings (SSSR count). The maximum atomic E-state index is 9.29. The van der Waals surface area contributed by atoms with Crippen molar-refractivity contribution in [2.75, 3.05) is 39.8 Å². The van der Waals surface area contributed by atoms with Crippen molar-refractivity contribution in [1.29, 1.82) is 5.26 Å². The zero-order valence-corrected chi connectivity index (χ0v) is 13.1. The standard InChI is InChI=1S/C15H30N4/c1-5-15(13-16,17-4)8-7-9-18-10-11-19(6-2)14(3)12-18/h14,17H,5-12H2,1-4H3. The molecule has 2 atom stereocenters. The van der Waals surface area contributed by atoms with E-state index < -0.39 is 0 Å². The molecule has 19 heavy (non-hydrogen) atoms. The summed E-state index contributed by atoms with van der Waals surface area (Å²) < 4.78 is 0. The summed E-state index contributed by atoms with van der Waals surface area (Å²) in [6.45, 7) is 12.4. The molecular weight excluding hydrogens is 236 g/mol. The van der Waals surface area contributed by atoms with Gasteiger partial charge in [0.15, 0.2) is 0 Å². The van der Waals surface area contributed by atoms with E-state index >= 15 is 0 Å². The predicted octanol–water partition coefficient (Wildman–Crippen LogP) is 1.68. The number of nitrogens with zero attached hydrogens (tertiary/aromatic N) is 3. The van der Waals surface area contributed by atoms with E-state index in [1.54, 1.807) is 0 Å². The van der Waals surface area contributed by atoms with Crippen molar-refractivity contribution in [3.63, 3.8) is 0 Å². The van der Waals surface area contributed by atoms with E-state index in [0.29, 0.717) is 6.04 Å². The monoisotopic (exact) mass is 266 g/mol. The Morgan fingerprint density at radius 1 is 1.37 bits per heavy atom. The van der Waals surface area contributed by atoms with Gasteiger partial charge in [0.05, 0.1) is 6.07 Å². The van der Waals surface area contributed by atoms with Crippen molar-refractivity contribution >= 4 is 0 Å². The Morgan fingerprint density at radius 3 is 2.58 bits per heavy atom. The minimum absolute atomic E-state index is 0.323. The van der Waals surface area contributed by atoms with Gasteiger partial charge in [-0.15, -0.1) is 0 Å². The van der Waals surface area contributed by atoms with Crippen molar-refractivity contribution in [3.8, 4) is 6.07 Å². The highest BCUT2D eigenvalue weighted by Crippen LogP contribution is 2.17. The molecule has 0 aromatic carbocycles. The van der Waals surface area contributed by atoms with Gasteiger partial charge >= 0.3 is 0 Å². The summed E-state index contributed by atoms with van der Waals surface area (Å²) in [5, 5.41) is 12.5. The molecule has 0 spiro atoms. The average Bonchev–Trinajstić information content (AvgIpc) is 2.44. The Bertz CT molecular complexity index is 293. The summed E-state index contributed by atoms with van der Waals surface area (Å²) in [6.07, 6.45) is 2.92. The molecule has 1 fully saturated rings. The van der Waals surface area contributed by atoms with Gasteiger partial charge in [-0.05, 0) is 46.3 Å². The van der Waals surface area contributed by atoms with Crippen molar-refractivity contribution in [3.05, 3.63) is 0 Å². The van der Waals surface area contributed by atoms with E-state index in [1.807, 2.05) is 7.05 Å². The lowest BCUT2D eigenvalue weighted by atomic mass is 9.92. The predicted molar refractivity (Wildman–Crippen MR) is 80.1 cm³/mol. The maximum absolute atomic E-state index is 9.29. The molecule has 2 unspecified atom stereocenters. The second-order valence-corrected chi connectivity index (χ2v) is 5.68. The van der Waals surface area contributed by atoms with Gasteiger partial charge in [-0.2, -0.15) is 5.26 Å². The smallest absolute Gasteiger partial charge is 0.106 e. The van der Waals surface area contributed by atoms with Crippen LogP contribution in [-0.2, 0) is 0 Å². The molecule has 1 aliphatic rings. The van der Waals surface area contributed by atoms with Crippen LogP contribution in [0.5, 0.6) is 0 Å². The second-order valence-electron chi connectivity index (χ2n) is 5.68. The number of piperazine rings is 1. The number of rotatable bonds is 7. The van der Waals surface area contributed by atoms with Gasteiger partial charge in [-0.1, -0.05) is 13.8 Å². The molecule has 0 aliphatic carbocycles. The Hall–Kier alpha value is -0.630. The molecule has 1 saturated heterocycles. The molecule has 1 N–H and O–H groups in total. The quantitative estimate of drug-likeness (QED) is 0.761. The number of likely N-dealkylation sites (N-methyl/N-ethyl adjacent to an activating group) is 1. The van der Waals surface area contributed by atoms with Gasteiger partial charge in [0.2, 0.25) is 0 Å². The van der Waals surface area contributed by atoms with Crippen LogP contribution in [0.25, 0.3) is 0 Å². The first-order valence-corrected chi connectivity index (χ1v) is 7.67. The van der Waals surface area contributed by atoms with Crippen LogP contribution in [0, 0.1) is 11.3 Å². The second kappa shape index (κ2) is 7.84.